The van der Waals surface area contributed by atoms with Crippen molar-refractivity contribution in [2.75, 3.05) is 6.54 Å². The number of nitrogens with zero attached hydrogens (tertiary/aromatic N) is 2. The number of hydrogen-bond acceptors (Lipinski definition) is 4. The van der Waals surface area contributed by atoms with Crippen molar-refractivity contribution in [1.29, 1.82) is 0 Å². The first kappa shape index (κ1) is 17.9. The normalized spacial score (nSPS) is 10.7. The molecule has 2 aromatic rings. The molecule has 0 radical (unpaired) electrons. The number of carbonyl (C=O) groups excluding carboxylic acids is 1. The SMILES string of the molecule is C=CCN(Cc1ccc(Cl)s1)C(=O)/C=C/c1ccccc1[N+](=O)[O-]. The standard InChI is InChI=1S/C17H15ClN2O3S/c1-2-11-19(12-14-8-9-16(18)24-14)17(21)10-7-13-5-3-4-6-15(13)20(22)23/h2-10H,1,11-12H2/b10-7+. The fourth-order valence-electron chi connectivity index (χ4n) is 2.07. The van der Waals surface area contributed by atoms with E-state index in [1.54, 1.807) is 35.2 Å². The molecule has 0 saturated heterocycles. The summed E-state index contributed by atoms with van der Waals surface area (Å²) in [7, 11) is 0. The van der Waals surface area contributed by atoms with Gasteiger partial charge in [0, 0.05) is 23.6 Å². The van der Waals surface area contributed by atoms with Gasteiger partial charge in [0.05, 0.1) is 21.4 Å². The van der Waals surface area contributed by atoms with Gasteiger partial charge in [-0.2, -0.15) is 0 Å². The van der Waals surface area contributed by atoms with Crippen molar-refractivity contribution in [1.82, 2.24) is 4.90 Å². The maximum absolute atomic E-state index is 12.4. The number of para-hydroxylation sites is 1. The molecule has 0 fully saturated rings. The molecule has 24 heavy (non-hydrogen) atoms. The summed E-state index contributed by atoms with van der Waals surface area (Å²) in [6, 6.07) is 9.91. The molecule has 0 unspecified atom stereocenters. The molecule has 0 aliphatic carbocycles. The Morgan fingerprint density at radius 2 is 2.08 bits per heavy atom. The minimum Gasteiger partial charge on any atom is -0.330 e. The van der Waals surface area contributed by atoms with E-state index in [-0.39, 0.29) is 11.6 Å². The van der Waals surface area contributed by atoms with Gasteiger partial charge in [-0.3, -0.25) is 14.9 Å². The zero-order valence-corrected chi connectivity index (χ0v) is 14.3. The van der Waals surface area contributed by atoms with E-state index >= 15 is 0 Å². The largest absolute Gasteiger partial charge is 0.330 e. The van der Waals surface area contributed by atoms with Crippen LogP contribution in [0.5, 0.6) is 0 Å². The van der Waals surface area contributed by atoms with Gasteiger partial charge in [0.15, 0.2) is 0 Å². The van der Waals surface area contributed by atoms with Crippen molar-refractivity contribution in [2.45, 2.75) is 6.54 Å². The van der Waals surface area contributed by atoms with Crippen molar-refractivity contribution in [3.8, 4) is 0 Å². The smallest absolute Gasteiger partial charge is 0.276 e. The van der Waals surface area contributed by atoms with Gasteiger partial charge in [-0.15, -0.1) is 17.9 Å². The zero-order chi connectivity index (χ0) is 17.5. The molecule has 1 heterocycles. The Morgan fingerprint density at radius 1 is 1.33 bits per heavy atom. The third kappa shape index (κ3) is 4.78. The van der Waals surface area contributed by atoms with Crippen LogP contribution in [0.25, 0.3) is 6.08 Å². The number of thiophene rings is 1. The second-order valence-electron chi connectivity index (χ2n) is 4.86. The number of nitro benzene ring substituents is 1. The van der Waals surface area contributed by atoms with Gasteiger partial charge in [-0.1, -0.05) is 29.8 Å². The number of benzene rings is 1. The van der Waals surface area contributed by atoms with Gasteiger partial charge in [0.25, 0.3) is 5.69 Å². The number of rotatable bonds is 7. The van der Waals surface area contributed by atoms with Crippen LogP contribution < -0.4 is 0 Å². The van der Waals surface area contributed by atoms with Gasteiger partial charge in [0.2, 0.25) is 5.91 Å². The summed E-state index contributed by atoms with van der Waals surface area (Å²) in [6.45, 7) is 4.43. The molecular formula is C17H15ClN2O3S. The highest BCUT2D eigenvalue weighted by atomic mass is 35.5. The molecule has 1 aromatic carbocycles. The Bertz CT molecular complexity index is 786. The second-order valence-corrected chi connectivity index (χ2v) is 6.66. The van der Waals surface area contributed by atoms with Crippen molar-refractivity contribution < 1.29 is 9.72 Å². The molecule has 0 aliphatic heterocycles. The lowest BCUT2D eigenvalue weighted by atomic mass is 10.1. The average molecular weight is 363 g/mol. The number of nitro groups is 1. The fraction of sp³-hybridized carbons (Fsp3) is 0.118. The monoisotopic (exact) mass is 362 g/mol. The third-order valence-corrected chi connectivity index (χ3v) is 4.39. The summed E-state index contributed by atoms with van der Waals surface area (Å²) in [6.07, 6.45) is 4.42. The lowest BCUT2D eigenvalue weighted by Crippen LogP contribution is -2.28. The van der Waals surface area contributed by atoms with Crippen LogP contribution in [0, 0.1) is 10.1 Å². The van der Waals surface area contributed by atoms with Crippen LogP contribution in [0.15, 0.2) is 55.1 Å². The van der Waals surface area contributed by atoms with E-state index in [1.165, 1.54) is 29.6 Å². The van der Waals surface area contributed by atoms with Crippen molar-refractivity contribution in [3.05, 3.63) is 80.0 Å². The first-order valence-corrected chi connectivity index (χ1v) is 8.26. The molecule has 7 heteroatoms. The molecule has 0 atom stereocenters. The number of carbonyl (C=O) groups is 1. The molecule has 1 amide bonds. The topological polar surface area (TPSA) is 63.5 Å². The Balaban J connectivity index is 2.15. The first-order valence-electron chi connectivity index (χ1n) is 7.06. The molecule has 124 valence electrons. The van der Waals surface area contributed by atoms with E-state index < -0.39 is 4.92 Å². The molecule has 2 rings (SSSR count). The van der Waals surface area contributed by atoms with Crippen LogP contribution in [0.2, 0.25) is 4.34 Å². The van der Waals surface area contributed by atoms with Crippen molar-refractivity contribution >= 4 is 40.6 Å². The van der Waals surface area contributed by atoms with Crippen LogP contribution in [0.4, 0.5) is 5.69 Å². The van der Waals surface area contributed by atoms with Crippen molar-refractivity contribution in [2.24, 2.45) is 0 Å². The highest BCUT2D eigenvalue weighted by Gasteiger charge is 2.13. The van der Waals surface area contributed by atoms with Crippen LogP contribution in [-0.4, -0.2) is 22.3 Å². The molecule has 1 aromatic heterocycles. The molecule has 0 saturated carbocycles. The predicted molar refractivity (Wildman–Crippen MR) is 97.1 cm³/mol. The molecule has 5 nitrogen and oxygen atoms in total. The molecule has 0 N–H and O–H groups in total. The van der Waals surface area contributed by atoms with Crippen LogP contribution >= 0.6 is 22.9 Å². The minimum atomic E-state index is -0.473. The summed E-state index contributed by atoms with van der Waals surface area (Å²) in [5.41, 5.74) is 0.343. The lowest BCUT2D eigenvalue weighted by molar-refractivity contribution is -0.385. The van der Waals surface area contributed by atoms with E-state index in [0.717, 1.165) is 4.88 Å². The van der Waals surface area contributed by atoms with Crippen molar-refractivity contribution in [3.63, 3.8) is 0 Å². The molecule has 0 aliphatic rings. The zero-order valence-electron chi connectivity index (χ0n) is 12.7. The number of hydrogen-bond donors (Lipinski definition) is 0. The molecule has 0 spiro atoms. The number of amides is 1. The summed E-state index contributed by atoms with van der Waals surface area (Å²) in [5, 5.41) is 11.0. The van der Waals surface area contributed by atoms with E-state index in [0.29, 0.717) is 23.0 Å². The van der Waals surface area contributed by atoms with Gasteiger partial charge >= 0.3 is 0 Å². The third-order valence-electron chi connectivity index (χ3n) is 3.18. The molecule has 0 bridgehead atoms. The van der Waals surface area contributed by atoms with E-state index in [4.69, 9.17) is 11.6 Å². The average Bonchev–Trinajstić information content (AvgIpc) is 2.97. The van der Waals surface area contributed by atoms with E-state index in [2.05, 4.69) is 6.58 Å². The summed E-state index contributed by atoms with van der Waals surface area (Å²) < 4.78 is 0.659. The van der Waals surface area contributed by atoms with Gasteiger partial charge in [-0.05, 0) is 24.3 Å². The van der Waals surface area contributed by atoms with E-state index in [1.807, 2.05) is 6.07 Å². The minimum absolute atomic E-state index is 0.0399. The quantitative estimate of drug-likeness (QED) is 0.314. The Hall–Kier alpha value is -2.44. The second kappa shape index (κ2) is 8.42. The summed E-state index contributed by atoms with van der Waals surface area (Å²) in [5.74, 6) is -0.252. The Kier molecular flexibility index (Phi) is 6.28. The summed E-state index contributed by atoms with van der Waals surface area (Å²) >= 11 is 7.31. The summed E-state index contributed by atoms with van der Waals surface area (Å²) in [4.78, 5) is 25.5. The predicted octanol–water partition coefficient (Wildman–Crippen LogP) is 4.54. The van der Waals surface area contributed by atoms with E-state index in [9.17, 15) is 14.9 Å². The van der Waals surface area contributed by atoms with Crippen LogP contribution in [-0.2, 0) is 11.3 Å². The lowest BCUT2D eigenvalue weighted by Gasteiger charge is -2.18. The van der Waals surface area contributed by atoms with Crippen LogP contribution in [0.1, 0.15) is 10.4 Å². The maximum atomic E-state index is 12.4. The Morgan fingerprint density at radius 3 is 2.71 bits per heavy atom. The van der Waals surface area contributed by atoms with Crippen LogP contribution in [0.3, 0.4) is 0 Å². The highest BCUT2D eigenvalue weighted by Crippen LogP contribution is 2.23. The number of halogens is 1. The first-order chi connectivity index (χ1) is 11.5. The van der Waals surface area contributed by atoms with Gasteiger partial charge in [-0.25, -0.2) is 0 Å². The molecular weight excluding hydrogens is 348 g/mol. The fourth-order valence-corrected chi connectivity index (χ4v) is 3.18. The highest BCUT2D eigenvalue weighted by molar-refractivity contribution is 7.16. The van der Waals surface area contributed by atoms with Gasteiger partial charge in [0.1, 0.15) is 0 Å². The maximum Gasteiger partial charge on any atom is 0.276 e. The Labute approximate surface area is 148 Å². The van der Waals surface area contributed by atoms with Gasteiger partial charge < -0.3 is 4.90 Å².